The van der Waals surface area contributed by atoms with Crippen molar-refractivity contribution in [1.82, 2.24) is 0 Å². The molecule has 0 aliphatic rings. The molecule has 1 N–H and O–H groups in total. The molecule has 2 aromatic rings. The monoisotopic (exact) mass is 409 g/mol. The summed E-state index contributed by atoms with van der Waals surface area (Å²) in [4.78, 5) is 22.6. The molecule has 0 radical (unpaired) electrons. The number of rotatable bonds is 8. The highest BCUT2D eigenvalue weighted by atomic mass is 32.2. The normalized spacial score (nSPS) is 11.1. The number of nitrogens with zero attached hydrogens (tertiary/aromatic N) is 2. The van der Waals surface area contributed by atoms with Crippen LogP contribution in [-0.2, 0) is 14.8 Å². The number of nitrogens with one attached hydrogen (secondary N) is 1. The Kier molecular flexibility index (Phi) is 6.68. The average Bonchev–Trinajstić information content (AvgIpc) is 2.60. The molecule has 2 aromatic carbocycles. The number of benzene rings is 2. The minimum absolute atomic E-state index is 0.0391. The lowest BCUT2D eigenvalue weighted by Crippen LogP contribution is -2.32. The number of nitro groups is 1. The van der Waals surface area contributed by atoms with Gasteiger partial charge in [0.25, 0.3) is 5.69 Å². The molecule has 0 bridgehead atoms. The van der Waals surface area contributed by atoms with E-state index in [0.717, 1.165) is 16.6 Å². The largest absolute Gasteiger partial charge is 0.326 e. The fourth-order valence-corrected chi connectivity index (χ4v) is 3.64. The van der Waals surface area contributed by atoms with Crippen LogP contribution in [0.2, 0.25) is 0 Å². The zero-order valence-corrected chi connectivity index (χ0v) is 16.2. The summed E-state index contributed by atoms with van der Waals surface area (Å²) in [5.74, 6) is -1.10. The van der Waals surface area contributed by atoms with Crippen LogP contribution in [0, 0.1) is 22.9 Å². The highest BCUT2D eigenvalue weighted by Gasteiger charge is 2.21. The molecule has 0 saturated carbocycles. The van der Waals surface area contributed by atoms with Crippen molar-refractivity contribution in [2.75, 3.05) is 22.4 Å². The van der Waals surface area contributed by atoms with Gasteiger partial charge < -0.3 is 5.32 Å². The predicted molar refractivity (Wildman–Crippen MR) is 104 cm³/mol. The second kappa shape index (κ2) is 8.79. The Bertz CT molecular complexity index is 994. The first-order valence-electron chi connectivity index (χ1n) is 8.37. The van der Waals surface area contributed by atoms with Crippen molar-refractivity contribution in [3.63, 3.8) is 0 Å². The number of carbonyl (C=O) groups is 1. The van der Waals surface area contributed by atoms with E-state index in [9.17, 15) is 27.7 Å². The van der Waals surface area contributed by atoms with Gasteiger partial charge in [-0.05, 0) is 31.5 Å². The fourth-order valence-electron chi connectivity index (χ4n) is 2.67. The van der Waals surface area contributed by atoms with Gasteiger partial charge in [-0.25, -0.2) is 12.8 Å². The van der Waals surface area contributed by atoms with Gasteiger partial charge in [0, 0.05) is 19.0 Å². The Morgan fingerprint density at radius 2 is 1.89 bits per heavy atom. The van der Waals surface area contributed by atoms with Crippen LogP contribution in [0.15, 0.2) is 42.5 Å². The molecule has 10 heteroatoms. The molecule has 0 unspecified atom stereocenters. The zero-order valence-electron chi connectivity index (χ0n) is 15.4. The second-order valence-corrected chi connectivity index (χ2v) is 8.05. The van der Waals surface area contributed by atoms with Gasteiger partial charge in [0.2, 0.25) is 15.9 Å². The SMILES string of the molecule is Cc1c(NC(=O)CCCN(c2ccccc2F)S(C)(=O)=O)cccc1[N+](=O)[O-]. The Hall–Kier alpha value is -3.01. The van der Waals surface area contributed by atoms with E-state index in [1.165, 1.54) is 37.3 Å². The number of amides is 1. The predicted octanol–water partition coefficient (Wildman–Crippen LogP) is 3.23. The molecule has 0 saturated heterocycles. The van der Waals surface area contributed by atoms with E-state index >= 15 is 0 Å². The summed E-state index contributed by atoms with van der Waals surface area (Å²) in [5.41, 5.74) is 0.443. The van der Waals surface area contributed by atoms with E-state index in [1.54, 1.807) is 6.07 Å². The van der Waals surface area contributed by atoms with Gasteiger partial charge in [0.15, 0.2) is 0 Å². The summed E-state index contributed by atoms with van der Waals surface area (Å²) in [6.45, 7) is 1.44. The molecular formula is C18H20FN3O5S. The molecule has 150 valence electrons. The first-order valence-corrected chi connectivity index (χ1v) is 10.2. The summed E-state index contributed by atoms with van der Waals surface area (Å²) in [6, 6.07) is 9.83. The summed E-state index contributed by atoms with van der Waals surface area (Å²) in [6.07, 6.45) is 1.07. The van der Waals surface area contributed by atoms with Crippen molar-refractivity contribution < 1.29 is 22.5 Å². The van der Waals surface area contributed by atoms with E-state index < -0.39 is 26.7 Å². The van der Waals surface area contributed by atoms with Gasteiger partial charge in [0.1, 0.15) is 5.82 Å². The Labute approximate surface area is 162 Å². The molecule has 2 rings (SSSR count). The van der Waals surface area contributed by atoms with Gasteiger partial charge in [-0.1, -0.05) is 18.2 Å². The molecule has 0 aliphatic heterocycles. The number of para-hydroxylation sites is 1. The van der Waals surface area contributed by atoms with Gasteiger partial charge in [0.05, 0.1) is 28.1 Å². The quantitative estimate of drug-likeness (QED) is 0.532. The van der Waals surface area contributed by atoms with Gasteiger partial charge in [-0.3, -0.25) is 19.2 Å². The Morgan fingerprint density at radius 1 is 1.21 bits per heavy atom. The Balaban J connectivity index is 2.03. The topological polar surface area (TPSA) is 110 Å². The van der Waals surface area contributed by atoms with E-state index in [2.05, 4.69) is 5.32 Å². The molecule has 1 amide bonds. The number of halogens is 1. The van der Waals surface area contributed by atoms with Crippen molar-refractivity contribution in [2.24, 2.45) is 0 Å². The van der Waals surface area contributed by atoms with Crippen LogP contribution in [0.1, 0.15) is 18.4 Å². The molecule has 0 aliphatic carbocycles. The maximum Gasteiger partial charge on any atom is 0.274 e. The molecule has 0 heterocycles. The van der Waals surface area contributed by atoms with Crippen LogP contribution < -0.4 is 9.62 Å². The molecule has 28 heavy (non-hydrogen) atoms. The summed E-state index contributed by atoms with van der Waals surface area (Å²) < 4.78 is 38.8. The van der Waals surface area contributed by atoms with Crippen molar-refractivity contribution >= 4 is 33.0 Å². The molecule has 0 spiro atoms. The maximum atomic E-state index is 14.0. The average molecular weight is 409 g/mol. The van der Waals surface area contributed by atoms with Crippen molar-refractivity contribution in [2.45, 2.75) is 19.8 Å². The number of anilines is 2. The van der Waals surface area contributed by atoms with Crippen molar-refractivity contribution in [1.29, 1.82) is 0 Å². The minimum Gasteiger partial charge on any atom is -0.326 e. The molecule has 8 nitrogen and oxygen atoms in total. The Morgan fingerprint density at radius 3 is 2.50 bits per heavy atom. The smallest absolute Gasteiger partial charge is 0.274 e. The number of hydrogen-bond donors (Lipinski definition) is 1. The van der Waals surface area contributed by atoms with Crippen LogP contribution in [-0.4, -0.2) is 32.0 Å². The summed E-state index contributed by atoms with van der Waals surface area (Å²) >= 11 is 0. The lowest BCUT2D eigenvalue weighted by atomic mass is 10.1. The van der Waals surface area contributed by atoms with E-state index in [4.69, 9.17) is 0 Å². The number of hydrogen-bond acceptors (Lipinski definition) is 5. The standard InChI is InChI=1S/C18H20FN3O5S/c1-13-15(8-5-10-16(13)22(24)25)20-18(23)11-6-12-21(28(2,26)27)17-9-4-3-7-14(17)19/h3-5,7-10H,6,11-12H2,1-2H3,(H,20,23). The second-order valence-electron chi connectivity index (χ2n) is 6.15. The van der Waals surface area contributed by atoms with E-state index in [0.29, 0.717) is 11.3 Å². The highest BCUT2D eigenvalue weighted by molar-refractivity contribution is 7.92. The number of carbonyl (C=O) groups excluding carboxylic acids is 1. The van der Waals surface area contributed by atoms with Gasteiger partial charge >= 0.3 is 0 Å². The first kappa shape index (κ1) is 21.3. The van der Waals surface area contributed by atoms with Gasteiger partial charge in [-0.2, -0.15) is 0 Å². The molecular weight excluding hydrogens is 389 g/mol. The van der Waals surface area contributed by atoms with Crippen LogP contribution in [0.3, 0.4) is 0 Å². The highest BCUT2D eigenvalue weighted by Crippen LogP contribution is 2.25. The summed E-state index contributed by atoms with van der Waals surface area (Å²) in [7, 11) is -3.73. The van der Waals surface area contributed by atoms with Crippen molar-refractivity contribution in [3.8, 4) is 0 Å². The fraction of sp³-hybridized carbons (Fsp3) is 0.278. The third-order valence-corrected chi connectivity index (χ3v) is 5.24. The van der Waals surface area contributed by atoms with E-state index in [1.807, 2.05) is 0 Å². The first-order chi connectivity index (χ1) is 13.1. The van der Waals surface area contributed by atoms with Crippen LogP contribution in [0.25, 0.3) is 0 Å². The molecule has 0 atom stereocenters. The van der Waals surface area contributed by atoms with E-state index in [-0.39, 0.29) is 30.8 Å². The number of sulfonamides is 1. The lowest BCUT2D eigenvalue weighted by Gasteiger charge is -2.22. The van der Waals surface area contributed by atoms with Crippen molar-refractivity contribution in [3.05, 3.63) is 64.0 Å². The van der Waals surface area contributed by atoms with Crippen LogP contribution in [0.4, 0.5) is 21.5 Å². The third kappa shape index (κ3) is 5.26. The number of nitro benzene ring substituents is 1. The van der Waals surface area contributed by atoms with Crippen LogP contribution in [0.5, 0.6) is 0 Å². The maximum absolute atomic E-state index is 14.0. The molecule has 0 aromatic heterocycles. The third-order valence-electron chi connectivity index (χ3n) is 4.06. The lowest BCUT2D eigenvalue weighted by molar-refractivity contribution is -0.385. The molecule has 0 fully saturated rings. The van der Waals surface area contributed by atoms with Crippen LogP contribution >= 0.6 is 0 Å². The minimum atomic E-state index is -3.73. The summed E-state index contributed by atoms with van der Waals surface area (Å²) in [5, 5.41) is 13.5. The zero-order chi connectivity index (χ0) is 20.9. The van der Waals surface area contributed by atoms with Gasteiger partial charge in [-0.15, -0.1) is 0 Å².